The van der Waals surface area contributed by atoms with Crippen molar-refractivity contribution in [1.82, 2.24) is 10.2 Å². The van der Waals surface area contributed by atoms with E-state index in [4.69, 9.17) is 5.26 Å². The predicted octanol–water partition coefficient (Wildman–Crippen LogP) is 2.25. The number of nitriles is 1. The molecule has 1 heterocycles. The molecule has 0 aromatic carbocycles. The van der Waals surface area contributed by atoms with Gasteiger partial charge in [-0.2, -0.15) is 5.26 Å². The summed E-state index contributed by atoms with van der Waals surface area (Å²) in [4.78, 5) is 2.43. The third-order valence-electron chi connectivity index (χ3n) is 3.61. The third kappa shape index (κ3) is 6.05. The standard InChI is InChI=1S/C14H27N3/c1-14(2,12-15)7-5-8-16-10-13-6-4-9-17(3)11-13/h13,16H,4-11H2,1-3H3. The van der Waals surface area contributed by atoms with Gasteiger partial charge in [-0.1, -0.05) is 0 Å². The Labute approximate surface area is 106 Å². The van der Waals surface area contributed by atoms with Crippen LogP contribution in [0.3, 0.4) is 0 Å². The molecule has 0 radical (unpaired) electrons. The second kappa shape index (κ2) is 6.98. The lowest BCUT2D eigenvalue weighted by atomic mass is 9.90. The lowest BCUT2D eigenvalue weighted by Crippen LogP contribution is -2.37. The van der Waals surface area contributed by atoms with Gasteiger partial charge < -0.3 is 10.2 Å². The monoisotopic (exact) mass is 237 g/mol. The molecule has 1 unspecified atom stereocenters. The molecule has 1 fully saturated rings. The molecule has 0 amide bonds. The van der Waals surface area contributed by atoms with Gasteiger partial charge in [-0.3, -0.25) is 0 Å². The Morgan fingerprint density at radius 2 is 2.24 bits per heavy atom. The third-order valence-corrected chi connectivity index (χ3v) is 3.61. The lowest BCUT2D eigenvalue weighted by molar-refractivity contribution is 0.206. The maximum absolute atomic E-state index is 8.91. The highest BCUT2D eigenvalue weighted by Crippen LogP contribution is 2.20. The summed E-state index contributed by atoms with van der Waals surface area (Å²) in [6.07, 6.45) is 4.79. The largest absolute Gasteiger partial charge is 0.316 e. The van der Waals surface area contributed by atoms with Crippen molar-refractivity contribution in [2.75, 3.05) is 33.2 Å². The summed E-state index contributed by atoms with van der Waals surface area (Å²) in [7, 11) is 2.21. The van der Waals surface area contributed by atoms with Gasteiger partial charge in [0, 0.05) is 6.54 Å². The molecule has 0 aromatic heterocycles. The molecule has 1 aliphatic rings. The highest BCUT2D eigenvalue weighted by atomic mass is 15.1. The molecule has 0 aliphatic carbocycles. The highest BCUT2D eigenvalue weighted by Gasteiger charge is 2.17. The average Bonchev–Trinajstić information content (AvgIpc) is 2.29. The van der Waals surface area contributed by atoms with Crippen molar-refractivity contribution < 1.29 is 0 Å². The number of piperidine rings is 1. The molecule has 1 aliphatic heterocycles. The summed E-state index contributed by atoms with van der Waals surface area (Å²) in [6.45, 7) is 8.71. The van der Waals surface area contributed by atoms with Crippen LogP contribution in [-0.4, -0.2) is 38.1 Å². The fourth-order valence-corrected chi connectivity index (χ4v) is 2.46. The molecule has 0 spiro atoms. The fraction of sp³-hybridized carbons (Fsp3) is 0.929. The van der Waals surface area contributed by atoms with E-state index in [0.717, 1.165) is 31.8 Å². The first-order valence-corrected chi connectivity index (χ1v) is 6.84. The number of hydrogen-bond acceptors (Lipinski definition) is 3. The van der Waals surface area contributed by atoms with Crippen molar-refractivity contribution >= 4 is 0 Å². The minimum Gasteiger partial charge on any atom is -0.316 e. The molecule has 0 aromatic rings. The first-order chi connectivity index (χ1) is 8.03. The number of rotatable bonds is 6. The Hall–Kier alpha value is -0.590. The zero-order chi connectivity index (χ0) is 12.7. The van der Waals surface area contributed by atoms with E-state index in [9.17, 15) is 0 Å². The van der Waals surface area contributed by atoms with Gasteiger partial charge in [0.2, 0.25) is 0 Å². The molecule has 1 N–H and O–H groups in total. The topological polar surface area (TPSA) is 39.1 Å². The Balaban J connectivity index is 2.03. The summed E-state index contributed by atoms with van der Waals surface area (Å²) in [6, 6.07) is 2.35. The van der Waals surface area contributed by atoms with Crippen molar-refractivity contribution in [3.8, 4) is 6.07 Å². The van der Waals surface area contributed by atoms with Gasteiger partial charge >= 0.3 is 0 Å². The zero-order valence-electron chi connectivity index (χ0n) is 11.6. The van der Waals surface area contributed by atoms with Crippen molar-refractivity contribution in [3.05, 3.63) is 0 Å². The molecule has 1 rings (SSSR count). The van der Waals surface area contributed by atoms with Crippen LogP contribution >= 0.6 is 0 Å². The summed E-state index contributed by atoms with van der Waals surface area (Å²) in [5.41, 5.74) is -0.160. The van der Waals surface area contributed by atoms with E-state index in [1.165, 1.54) is 25.9 Å². The van der Waals surface area contributed by atoms with E-state index in [0.29, 0.717) is 0 Å². The zero-order valence-corrected chi connectivity index (χ0v) is 11.6. The minimum atomic E-state index is -0.160. The molecular formula is C14H27N3. The smallest absolute Gasteiger partial charge is 0.0683 e. The Morgan fingerprint density at radius 3 is 2.88 bits per heavy atom. The summed E-state index contributed by atoms with van der Waals surface area (Å²) in [5.74, 6) is 0.817. The molecule has 0 bridgehead atoms. The van der Waals surface area contributed by atoms with Gasteiger partial charge in [0.05, 0.1) is 11.5 Å². The van der Waals surface area contributed by atoms with Crippen molar-refractivity contribution in [2.24, 2.45) is 11.3 Å². The van der Waals surface area contributed by atoms with Gasteiger partial charge in [0.15, 0.2) is 0 Å². The molecule has 1 atom stereocenters. The maximum Gasteiger partial charge on any atom is 0.0683 e. The fourth-order valence-electron chi connectivity index (χ4n) is 2.46. The van der Waals surface area contributed by atoms with E-state index in [-0.39, 0.29) is 5.41 Å². The Bertz CT molecular complexity index is 255. The molecule has 98 valence electrons. The van der Waals surface area contributed by atoms with Crippen LogP contribution in [0.2, 0.25) is 0 Å². The molecular weight excluding hydrogens is 210 g/mol. The first-order valence-electron chi connectivity index (χ1n) is 6.84. The number of hydrogen-bond donors (Lipinski definition) is 1. The highest BCUT2D eigenvalue weighted by molar-refractivity contribution is 4.91. The summed E-state index contributed by atoms with van der Waals surface area (Å²) < 4.78 is 0. The predicted molar refractivity (Wildman–Crippen MR) is 71.7 cm³/mol. The van der Waals surface area contributed by atoms with Crippen molar-refractivity contribution in [2.45, 2.75) is 39.5 Å². The summed E-state index contributed by atoms with van der Waals surface area (Å²) >= 11 is 0. The van der Waals surface area contributed by atoms with Gasteiger partial charge in [-0.15, -0.1) is 0 Å². The SMILES string of the molecule is CN1CCCC(CNCCCC(C)(C)C#N)C1. The number of likely N-dealkylation sites (tertiary alicyclic amines) is 1. The van der Waals surface area contributed by atoms with E-state index in [1.807, 2.05) is 13.8 Å². The maximum atomic E-state index is 8.91. The lowest BCUT2D eigenvalue weighted by Gasteiger charge is -2.29. The van der Waals surface area contributed by atoms with Gasteiger partial charge in [-0.05, 0) is 72.1 Å². The second-order valence-electron chi connectivity index (χ2n) is 6.07. The Kier molecular flexibility index (Phi) is 5.94. The van der Waals surface area contributed by atoms with Gasteiger partial charge in [-0.25, -0.2) is 0 Å². The molecule has 0 saturated carbocycles. The molecule has 1 saturated heterocycles. The van der Waals surface area contributed by atoms with Crippen LogP contribution in [-0.2, 0) is 0 Å². The minimum absolute atomic E-state index is 0.160. The summed E-state index contributed by atoms with van der Waals surface area (Å²) in [5, 5.41) is 12.4. The molecule has 17 heavy (non-hydrogen) atoms. The van der Waals surface area contributed by atoms with E-state index in [1.54, 1.807) is 0 Å². The van der Waals surface area contributed by atoms with Crippen molar-refractivity contribution in [1.29, 1.82) is 5.26 Å². The van der Waals surface area contributed by atoms with Crippen LogP contribution in [0.4, 0.5) is 0 Å². The number of nitrogens with one attached hydrogen (secondary N) is 1. The molecule has 3 nitrogen and oxygen atoms in total. The van der Waals surface area contributed by atoms with Crippen LogP contribution in [0.15, 0.2) is 0 Å². The molecule has 3 heteroatoms. The second-order valence-corrected chi connectivity index (χ2v) is 6.07. The van der Waals surface area contributed by atoms with Crippen LogP contribution in [0.25, 0.3) is 0 Å². The average molecular weight is 237 g/mol. The van der Waals surface area contributed by atoms with Gasteiger partial charge in [0.1, 0.15) is 0 Å². The van der Waals surface area contributed by atoms with Crippen LogP contribution in [0, 0.1) is 22.7 Å². The normalized spacial score (nSPS) is 22.4. The van der Waals surface area contributed by atoms with E-state index in [2.05, 4.69) is 23.3 Å². The first kappa shape index (κ1) is 14.5. The van der Waals surface area contributed by atoms with Crippen LogP contribution in [0.5, 0.6) is 0 Å². The van der Waals surface area contributed by atoms with Gasteiger partial charge in [0.25, 0.3) is 0 Å². The van der Waals surface area contributed by atoms with Crippen LogP contribution in [0.1, 0.15) is 39.5 Å². The number of nitrogens with zero attached hydrogens (tertiary/aromatic N) is 2. The quantitative estimate of drug-likeness (QED) is 0.720. The van der Waals surface area contributed by atoms with E-state index < -0.39 is 0 Å². The van der Waals surface area contributed by atoms with Crippen LogP contribution < -0.4 is 5.32 Å². The van der Waals surface area contributed by atoms with E-state index >= 15 is 0 Å². The van der Waals surface area contributed by atoms with Crippen molar-refractivity contribution in [3.63, 3.8) is 0 Å². The Morgan fingerprint density at radius 1 is 1.47 bits per heavy atom.